The summed E-state index contributed by atoms with van der Waals surface area (Å²) in [5.41, 5.74) is 5.60. The second kappa shape index (κ2) is 5.04. The second-order valence-corrected chi connectivity index (χ2v) is 5.43. The van der Waals surface area contributed by atoms with Gasteiger partial charge >= 0.3 is 0 Å². The molecule has 1 aromatic carbocycles. The Hall–Kier alpha value is -2.22. The van der Waals surface area contributed by atoms with E-state index in [4.69, 9.17) is 4.98 Å². The van der Waals surface area contributed by atoms with Crippen molar-refractivity contribution < 1.29 is 0 Å². The smallest absolute Gasteiger partial charge is 0.0708 e. The van der Waals surface area contributed by atoms with Gasteiger partial charge in [0.1, 0.15) is 0 Å². The fraction of sp³-hybridized carbons (Fsp3) is 0.222. The molecule has 2 aromatic heterocycles. The fourth-order valence-corrected chi connectivity index (χ4v) is 2.44. The highest BCUT2D eigenvalue weighted by molar-refractivity contribution is 5.84. The molecule has 0 amide bonds. The number of aryl methyl sites for hydroxylation is 1. The quantitative estimate of drug-likeness (QED) is 0.667. The SMILES string of the molecule is Cc1nc(C(C)C)ccc1-c1ccc2cccnc2c1. The average Bonchev–Trinajstić information content (AvgIpc) is 2.46. The summed E-state index contributed by atoms with van der Waals surface area (Å²) >= 11 is 0. The van der Waals surface area contributed by atoms with Crippen molar-refractivity contribution >= 4 is 10.9 Å². The lowest BCUT2D eigenvalue weighted by atomic mass is 10.0. The van der Waals surface area contributed by atoms with Crippen molar-refractivity contribution in [2.24, 2.45) is 0 Å². The molecular weight excluding hydrogens is 244 g/mol. The van der Waals surface area contributed by atoms with E-state index in [2.05, 4.69) is 62.2 Å². The van der Waals surface area contributed by atoms with Gasteiger partial charge < -0.3 is 0 Å². The van der Waals surface area contributed by atoms with Crippen LogP contribution in [0, 0.1) is 6.92 Å². The molecule has 0 atom stereocenters. The van der Waals surface area contributed by atoms with Crippen LogP contribution in [-0.2, 0) is 0 Å². The molecule has 0 spiro atoms. The van der Waals surface area contributed by atoms with Crippen LogP contribution in [0.15, 0.2) is 48.7 Å². The molecule has 2 nitrogen and oxygen atoms in total. The topological polar surface area (TPSA) is 25.8 Å². The van der Waals surface area contributed by atoms with Crippen LogP contribution < -0.4 is 0 Å². The summed E-state index contributed by atoms with van der Waals surface area (Å²) < 4.78 is 0. The van der Waals surface area contributed by atoms with E-state index in [1.807, 2.05) is 12.3 Å². The van der Waals surface area contributed by atoms with E-state index in [0.29, 0.717) is 5.92 Å². The lowest BCUT2D eigenvalue weighted by molar-refractivity contribution is 0.816. The molecule has 0 fully saturated rings. The Morgan fingerprint density at radius 2 is 1.85 bits per heavy atom. The third kappa shape index (κ3) is 2.29. The zero-order chi connectivity index (χ0) is 14.1. The van der Waals surface area contributed by atoms with Crippen molar-refractivity contribution in [2.45, 2.75) is 26.7 Å². The van der Waals surface area contributed by atoms with Gasteiger partial charge in [-0.25, -0.2) is 0 Å². The number of fused-ring (bicyclic) bond motifs is 1. The molecule has 2 heterocycles. The predicted octanol–water partition coefficient (Wildman–Crippen LogP) is 4.73. The molecule has 0 N–H and O–H groups in total. The van der Waals surface area contributed by atoms with Crippen LogP contribution in [0.4, 0.5) is 0 Å². The normalized spacial score (nSPS) is 11.2. The first kappa shape index (κ1) is 12.8. The van der Waals surface area contributed by atoms with Crippen LogP contribution in [0.3, 0.4) is 0 Å². The molecule has 20 heavy (non-hydrogen) atoms. The minimum Gasteiger partial charge on any atom is -0.257 e. The van der Waals surface area contributed by atoms with Gasteiger partial charge in [-0.1, -0.05) is 38.1 Å². The molecule has 0 bridgehead atoms. The van der Waals surface area contributed by atoms with E-state index < -0.39 is 0 Å². The summed E-state index contributed by atoms with van der Waals surface area (Å²) in [7, 11) is 0. The number of pyridine rings is 2. The van der Waals surface area contributed by atoms with Gasteiger partial charge in [-0.15, -0.1) is 0 Å². The highest BCUT2D eigenvalue weighted by Crippen LogP contribution is 2.26. The third-order valence-corrected chi connectivity index (χ3v) is 3.62. The second-order valence-electron chi connectivity index (χ2n) is 5.43. The molecule has 0 unspecified atom stereocenters. The van der Waals surface area contributed by atoms with E-state index in [1.54, 1.807) is 0 Å². The van der Waals surface area contributed by atoms with Crippen molar-refractivity contribution in [2.75, 3.05) is 0 Å². The average molecular weight is 262 g/mol. The van der Waals surface area contributed by atoms with Crippen LogP contribution in [-0.4, -0.2) is 9.97 Å². The first-order chi connectivity index (χ1) is 9.65. The summed E-state index contributed by atoms with van der Waals surface area (Å²) in [6, 6.07) is 14.7. The molecule has 0 aliphatic heterocycles. The van der Waals surface area contributed by atoms with Crippen molar-refractivity contribution in [3.63, 3.8) is 0 Å². The Bertz CT molecular complexity index is 760. The number of benzene rings is 1. The highest BCUT2D eigenvalue weighted by Gasteiger charge is 2.07. The van der Waals surface area contributed by atoms with Crippen LogP contribution in [0.1, 0.15) is 31.2 Å². The zero-order valence-corrected chi connectivity index (χ0v) is 12.1. The molecule has 100 valence electrons. The molecule has 2 heteroatoms. The Kier molecular flexibility index (Phi) is 3.23. The maximum absolute atomic E-state index is 4.71. The van der Waals surface area contributed by atoms with Gasteiger partial charge in [-0.3, -0.25) is 9.97 Å². The van der Waals surface area contributed by atoms with Crippen molar-refractivity contribution in [3.05, 3.63) is 60.0 Å². The van der Waals surface area contributed by atoms with Crippen molar-refractivity contribution in [1.29, 1.82) is 0 Å². The third-order valence-electron chi connectivity index (χ3n) is 3.62. The van der Waals surface area contributed by atoms with E-state index in [1.165, 1.54) is 16.5 Å². The zero-order valence-electron chi connectivity index (χ0n) is 12.1. The maximum atomic E-state index is 4.71. The molecule has 0 aliphatic carbocycles. The first-order valence-electron chi connectivity index (χ1n) is 6.98. The van der Waals surface area contributed by atoms with Gasteiger partial charge in [0.05, 0.1) is 5.52 Å². The van der Waals surface area contributed by atoms with Crippen molar-refractivity contribution in [1.82, 2.24) is 9.97 Å². The number of nitrogens with zero attached hydrogens (tertiary/aromatic N) is 2. The molecular formula is C18H18N2. The lowest BCUT2D eigenvalue weighted by Crippen LogP contribution is -1.96. The lowest BCUT2D eigenvalue weighted by Gasteiger charge is -2.10. The summed E-state index contributed by atoms with van der Waals surface area (Å²) in [4.78, 5) is 9.13. The van der Waals surface area contributed by atoms with E-state index in [-0.39, 0.29) is 0 Å². The summed E-state index contributed by atoms with van der Waals surface area (Å²) in [6.45, 7) is 6.41. The van der Waals surface area contributed by atoms with Gasteiger partial charge in [0.2, 0.25) is 0 Å². The summed E-state index contributed by atoms with van der Waals surface area (Å²) in [5.74, 6) is 0.459. The number of aromatic nitrogens is 2. The molecule has 0 saturated heterocycles. The van der Waals surface area contributed by atoms with Gasteiger partial charge in [0.15, 0.2) is 0 Å². The molecule has 0 aliphatic rings. The largest absolute Gasteiger partial charge is 0.257 e. The maximum Gasteiger partial charge on any atom is 0.0708 e. The van der Waals surface area contributed by atoms with Gasteiger partial charge in [-0.05, 0) is 36.6 Å². The first-order valence-corrected chi connectivity index (χ1v) is 6.98. The molecule has 3 rings (SSSR count). The van der Waals surface area contributed by atoms with E-state index in [0.717, 1.165) is 16.9 Å². The predicted molar refractivity (Wildman–Crippen MR) is 83.8 cm³/mol. The van der Waals surface area contributed by atoms with Crippen LogP contribution in [0.2, 0.25) is 0 Å². The minimum absolute atomic E-state index is 0.459. The monoisotopic (exact) mass is 262 g/mol. The van der Waals surface area contributed by atoms with Gasteiger partial charge in [0, 0.05) is 28.5 Å². The number of hydrogen-bond donors (Lipinski definition) is 0. The molecule has 0 radical (unpaired) electrons. The fourth-order valence-electron chi connectivity index (χ4n) is 2.44. The standard InChI is InChI=1S/C18H18N2/c1-12(2)17-9-8-16(13(3)20-17)15-7-6-14-5-4-10-19-18(14)11-15/h4-12H,1-3H3. The van der Waals surface area contributed by atoms with Crippen molar-refractivity contribution in [3.8, 4) is 11.1 Å². The van der Waals surface area contributed by atoms with E-state index in [9.17, 15) is 0 Å². The van der Waals surface area contributed by atoms with Gasteiger partial charge in [-0.2, -0.15) is 0 Å². The Morgan fingerprint density at radius 1 is 1.00 bits per heavy atom. The molecule has 3 aromatic rings. The van der Waals surface area contributed by atoms with Crippen LogP contribution in [0.25, 0.3) is 22.0 Å². The van der Waals surface area contributed by atoms with Gasteiger partial charge in [0.25, 0.3) is 0 Å². The number of hydrogen-bond acceptors (Lipinski definition) is 2. The Labute approximate surface area is 119 Å². The number of rotatable bonds is 2. The minimum atomic E-state index is 0.459. The Balaban J connectivity index is 2.10. The van der Waals surface area contributed by atoms with E-state index >= 15 is 0 Å². The molecule has 0 saturated carbocycles. The Morgan fingerprint density at radius 3 is 2.60 bits per heavy atom. The summed E-state index contributed by atoms with van der Waals surface area (Å²) in [6.07, 6.45) is 1.83. The highest BCUT2D eigenvalue weighted by atomic mass is 14.7. The van der Waals surface area contributed by atoms with Crippen LogP contribution >= 0.6 is 0 Å². The summed E-state index contributed by atoms with van der Waals surface area (Å²) in [5, 5.41) is 1.17. The van der Waals surface area contributed by atoms with Crippen LogP contribution in [0.5, 0.6) is 0 Å².